The van der Waals surface area contributed by atoms with Crippen molar-refractivity contribution in [3.8, 4) is 6.07 Å². The van der Waals surface area contributed by atoms with E-state index in [1.165, 1.54) is 7.11 Å². The number of carbonyl (C=O) groups is 2. The van der Waals surface area contributed by atoms with Crippen LogP contribution in [0.5, 0.6) is 0 Å². The third kappa shape index (κ3) is 3.86. The summed E-state index contributed by atoms with van der Waals surface area (Å²) < 4.78 is 9.06. The van der Waals surface area contributed by atoms with Crippen LogP contribution in [0.15, 0.2) is 45.7 Å². The highest BCUT2D eigenvalue weighted by molar-refractivity contribution is 8.04. The molecule has 0 bridgehead atoms. The van der Waals surface area contributed by atoms with Crippen LogP contribution in [0.3, 0.4) is 0 Å². The summed E-state index contributed by atoms with van der Waals surface area (Å²) in [6, 6.07) is 10.5. The molecule has 0 fully saturated rings. The smallest absolute Gasteiger partial charge is 0.350 e. The van der Waals surface area contributed by atoms with Gasteiger partial charge in [-0.25, -0.2) is 9.59 Å². The lowest BCUT2D eigenvalue weighted by Crippen LogP contribution is -2.12. The van der Waals surface area contributed by atoms with Crippen molar-refractivity contribution in [2.45, 2.75) is 4.90 Å². The Morgan fingerprint density at radius 3 is 2.16 bits per heavy atom. The summed E-state index contributed by atoms with van der Waals surface area (Å²) in [7, 11) is 2.32. The average molecular weight is 277 g/mol. The minimum atomic E-state index is -0.869. The van der Waals surface area contributed by atoms with Gasteiger partial charge >= 0.3 is 11.9 Å². The van der Waals surface area contributed by atoms with Crippen molar-refractivity contribution < 1.29 is 19.1 Å². The largest absolute Gasteiger partial charge is 0.465 e. The number of thioether (sulfide) groups is 1. The molecule has 0 saturated carbocycles. The van der Waals surface area contributed by atoms with Crippen LogP contribution in [0.25, 0.3) is 0 Å². The first kappa shape index (κ1) is 14.8. The van der Waals surface area contributed by atoms with Gasteiger partial charge in [-0.15, -0.1) is 0 Å². The molecule has 6 heteroatoms. The Morgan fingerprint density at radius 1 is 1.11 bits per heavy atom. The van der Waals surface area contributed by atoms with Crippen molar-refractivity contribution in [1.82, 2.24) is 0 Å². The molecule has 0 saturated heterocycles. The molecule has 0 aliphatic rings. The van der Waals surface area contributed by atoms with Gasteiger partial charge in [0, 0.05) is 4.90 Å². The van der Waals surface area contributed by atoms with E-state index in [-0.39, 0.29) is 10.5 Å². The topological polar surface area (TPSA) is 76.4 Å². The molecule has 0 radical (unpaired) electrons. The van der Waals surface area contributed by atoms with E-state index in [9.17, 15) is 9.59 Å². The molecule has 0 amide bonds. The minimum absolute atomic E-state index is 0.0944. The summed E-state index contributed by atoms with van der Waals surface area (Å²) in [5.41, 5.74) is -0.372. The molecule has 0 atom stereocenters. The van der Waals surface area contributed by atoms with Gasteiger partial charge in [0.05, 0.1) is 14.2 Å². The first-order valence-corrected chi connectivity index (χ1v) is 5.99. The zero-order valence-electron chi connectivity index (χ0n) is 10.4. The van der Waals surface area contributed by atoms with Crippen molar-refractivity contribution in [2.24, 2.45) is 0 Å². The normalized spacial score (nSPS) is 11.0. The third-order valence-corrected chi connectivity index (χ3v) is 3.15. The molecule has 0 spiro atoms. The predicted molar refractivity (Wildman–Crippen MR) is 69.0 cm³/mol. The predicted octanol–water partition coefficient (Wildman–Crippen LogP) is 1.90. The summed E-state index contributed by atoms with van der Waals surface area (Å²) >= 11 is 0.980. The van der Waals surface area contributed by atoms with Crippen LogP contribution in [0.2, 0.25) is 0 Å². The first-order chi connectivity index (χ1) is 9.13. The average Bonchev–Trinajstić information content (AvgIpc) is 2.46. The van der Waals surface area contributed by atoms with E-state index in [1.54, 1.807) is 30.3 Å². The summed E-state index contributed by atoms with van der Waals surface area (Å²) in [5, 5.41) is 8.99. The quantitative estimate of drug-likeness (QED) is 0.362. The van der Waals surface area contributed by atoms with Crippen LogP contribution in [-0.4, -0.2) is 26.2 Å². The van der Waals surface area contributed by atoms with Crippen molar-refractivity contribution in [3.05, 3.63) is 40.8 Å². The third-order valence-electron chi connectivity index (χ3n) is 2.06. The fourth-order valence-electron chi connectivity index (χ4n) is 1.19. The SMILES string of the molecule is COC(=O)/C(C#N)=C(\Sc1ccccc1)C(=O)OC. The maximum Gasteiger partial charge on any atom is 0.350 e. The van der Waals surface area contributed by atoms with Gasteiger partial charge in [-0.05, 0) is 12.1 Å². The highest BCUT2D eigenvalue weighted by Gasteiger charge is 2.23. The van der Waals surface area contributed by atoms with E-state index in [0.29, 0.717) is 4.90 Å². The number of carbonyl (C=O) groups excluding carboxylic acids is 2. The van der Waals surface area contributed by atoms with Crippen molar-refractivity contribution >= 4 is 23.7 Å². The highest BCUT2D eigenvalue weighted by Crippen LogP contribution is 2.30. The second-order valence-corrected chi connectivity index (χ2v) is 4.30. The number of hydrogen-bond acceptors (Lipinski definition) is 6. The molecule has 0 N–H and O–H groups in total. The monoisotopic (exact) mass is 277 g/mol. The Hall–Kier alpha value is -2.26. The van der Waals surface area contributed by atoms with E-state index < -0.39 is 11.9 Å². The lowest BCUT2D eigenvalue weighted by molar-refractivity contribution is -0.138. The minimum Gasteiger partial charge on any atom is -0.465 e. The van der Waals surface area contributed by atoms with Crippen LogP contribution in [0, 0.1) is 11.3 Å². The number of hydrogen-bond donors (Lipinski definition) is 0. The molecule has 1 aromatic carbocycles. The van der Waals surface area contributed by atoms with Crippen molar-refractivity contribution in [1.29, 1.82) is 5.26 Å². The molecule has 5 nitrogen and oxygen atoms in total. The fourth-order valence-corrected chi connectivity index (χ4v) is 2.11. The second-order valence-electron chi connectivity index (χ2n) is 3.21. The van der Waals surface area contributed by atoms with Gasteiger partial charge in [0.2, 0.25) is 0 Å². The maximum atomic E-state index is 11.7. The van der Waals surface area contributed by atoms with E-state index in [2.05, 4.69) is 9.47 Å². The summed E-state index contributed by atoms with van der Waals surface area (Å²) in [4.78, 5) is 23.8. The second kappa shape index (κ2) is 7.24. The number of nitrogens with zero attached hydrogens (tertiary/aromatic N) is 1. The van der Waals surface area contributed by atoms with Gasteiger partial charge in [0.25, 0.3) is 0 Å². The molecule has 0 aromatic heterocycles. The van der Waals surface area contributed by atoms with E-state index in [1.807, 2.05) is 6.07 Å². The lowest BCUT2D eigenvalue weighted by atomic mass is 10.3. The summed E-state index contributed by atoms with van der Waals surface area (Å²) in [6.45, 7) is 0. The van der Waals surface area contributed by atoms with Crippen molar-refractivity contribution in [3.63, 3.8) is 0 Å². The number of esters is 2. The number of rotatable bonds is 4. The number of ether oxygens (including phenoxy) is 2. The van der Waals surface area contributed by atoms with Crippen LogP contribution >= 0.6 is 11.8 Å². The Morgan fingerprint density at radius 2 is 1.68 bits per heavy atom. The van der Waals surface area contributed by atoms with E-state index >= 15 is 0 Å². The molecule has 0 heterocycles. The number of benzene rings is 1. The first-order valence-electron chi connectivity index (χ1n) is 5.18. The summed E-state index contributed by atoms with van der Waals surface area (Å²) in [6.07, 6.45) is 0. The molecular formula is C13H11NO4S. The molecule has 1 rings (SSSR count). The molecule has 0 unspecified atom stereocenters. The Kier molecular flexibility index (Phi) is 5.64. The Balaban J connectivity index is 3.22. The number of nitriles is 1. The molecule has 0 aliphatic carbocycles. The summed E-state index contributed by atoms with van der Waals surface area (Å²) in [5.74, 6) is -1.62. The molecular weight excluding hydrogens is 266 g/mol. The van der Waals surface area contributed by atoms with Gasteiger partial charge < -0.3 is 9.47 Å². The fraction of sp³-hybridized carbons (Fsp3) is 0.154. The Bertz CT molecular complexity index is 546. The zero-order valence-corrected chi connectivity index (χ0v) is 11.2. The van der Waals surface area contributed by atoms with Gasteiger partial charge in [-0.2, -0.15) is 5.26 Å². The molecule has 19 heavy (non-hydrogen) atoms. The van der Waals surface area contributed by atoms with E-state index in [0.717, 1.165) is 18.9 Å². The van der Waals surface area contributed by atoms with Crippen LogP contribution in [0.4, 0.5) is 0 Å². The molecule has 1 aromatic rings. The van der Waals surface area contributed by atoms with E-state index in [4.69, 9.17) is 5.26 Å². The van der Waals surface area contributed by atoms with Gasteiger partial charge in [0.15, 0.2) is 5.57 Å². The maximum absolute atomic E-state index is 11.7. The highest BCUT2D eigenvalue weighted by atomic mass is 32.2. The standard InChI is InChI=1S/C13H11NO4S/c1-17-12(15)10(8-14)11(13(16)18-2)19-9-6-4-3-5-7-9/h3-7H,1-2H3/b11-10-. The van der Waals surface area contributed by atoms with Crippen molar-refractivity contribution in [2.75, 3.05) is 14.2 Å². The van der Waals surface area contributed by atoms with Crippen LogP contribution in [-0.2, 0) is 19.1 Å². The van der Waals surface area contributed by atoms with Crippen LogP contribution in [0.1, 0.15) is 0 Å². The van der Waals surface area contributed by atoms with Crippen LogP contribution < -0.4 is 0 Å². The Labute approximate surface area is 114 Å². The molecule has 0 aliphatic heterocycles. The molecule has 98 valence electrons. The van der Waals surface area contributed by atoms with Gasteiger partial charge in [-0.1, -0.05) is 30.0 Å². The van der Waals surface area contributed by atoms with Gasteiger partial charge in [0.1, 0.15) is 11.0 Å². The lowest BCUT2D eigenvalue weighted by Gasteiger charge is -2.07. The zero-order chi connectivity index (χ0) is 14.3. The van der Waals surface area contributed by atoms with Gasteiger partial charge in [-0.3, -0.25) is 0 Å². The number of methoxy groups -OCH3 is 2.